The number of Topliss-reactive ketones (excluding diaryl/α,β-unsaturated/α-hetero) is 1. The standard InChI is InChI=1S/C24H28FNO5/c1-6-13(3)31-24(29)19-14(4)26-17-11-12(2)18(23(28)30-5)22(27)21(17)20(19)15-9-7-8-10-16(15)25/h7-10,12-13,18,20,26H,6,11H2,1-5H3/t12-,13-,18-,20+/m1/s1. The van der Waals surface area contributed by atoms with Gasteiger partial charge in [-0.15, -0.1) is 0 Å². The number of ether oxygens (including phenoxy) is 2. The lowest BCUT2D eigenvalue weighted by Gasteiger charge is -2.38. The van der Waals surface area contributed by atoms with Crippen molar-refractivity contribution in [2.24, 2.45) is 11.8 Å². The summed E-state index contributed by atoms with van der Waals surface area (Å²) in [6.45, 7) is 7.18. The van der Waals surface area contributed by atoms with Crippen LogP contribution in [0.3, 0.4) is 0 Å². The van der Waals surface area contributed by atoms with Crippen LogP contribution in [0.1, 0.15) is 52.0 Å². The zero-order chi connectivity index (χ0) is 22.9. The molecule has 0 spiro atoms. The predicted octanol–water partition coefficient (Wildman–Crippen LogP) is 3.78. The number of allylic oxidation sites excluding steroid dienone is 3. The number of esters is 2. The summed E-state index contributed by atoms with van der Waals surface area (Å²) < 4.78 is 25.3. The lowest BCUT2D eigenvalue weighted by Crippen LogP contribution is -2.43. The van der Waals surface area contributed by atoms with Gasteiger partial charge in [0, 0.05) is 22.5 Å². The Morgan fingerprint density at radius 2 is 1.97 bits per heavy atom. The highest BCUT2D eigenvalue weighted by atomic mass is 19.1. The summed E-state index contributed by atoms with van der Waals surface area (Å²) in [4.78, 5) is 39.0. The number of rotatable bonds is 5. The topological polar surface area (TPSA) is 81.7 Å². The third-order valence-corrected chi connectivity index (χ3v) is 6.06. The average Bonchev–Trinajstić information content (AvgIpc) is 2.72. The number of halogens is 1. The maximum absolute atomic E-state index is 14.9. The van der Waals surface area contributed by atoms with Gasteiger partial charge in [0.1, 0.15) is 11.7 Å². The van der Waals surface area contributed by atoms with Gasteiger partial charge in [-0.05, 0) is 38.7 Å². The third kappa shape index (κ3) is 4.13. The highest BCUT2D eigenvalue weighted by molar-refractivity contribution is 6.12. The van der Waals surface area contributed by atoms with Gasteiger partial charge in [-0.3, -0.25) is 9.59 Å². The molecule has 0 unspecified atom stereocenters. The first kappa shape index (κ1) is 22.7. The maximum atomic E-state index is 14.9. The van der Waals surface area contributed by atoms with E-state index < -0.39 is 35.4 Å². The van der Waals surface area contributed by atoms with Crippen molar-refractivity contribution in [2.45, 2.75) is 52.6 Å². The molecule has 166 valence electrons. The first-order valence-corrected chi connectivity index (χ1v) is 10.5. The van der Waals surface area contributed by atoms with E-state index in [1.165, 1.54) is 13.2 Å². The molecule has 1 aromatic rings. The van der Waals surface area contributed by atoms with E-state index >= 15 is 0 Å². The van der Waals surface area contributed by atoms with E-state index in [0.717, 1.165) is 0 Å². The maximum Gasteiger partial charge on any atom is 0.337 e. The van der Waals surface area contributed by atoms with Crippen LogP contribution in [0.5, 0.6) is 0 Å². The molecule has 1 aliphatic carbocycles. The van der Waals surface area contributed by atoms with Gasteiger partial charge >= 0.3 is 11.9 Å². The fourth-order valence-corrected chi connectivity index (χ4v) is 4.30. The van der Waals surface area contributed by atoms with E-state index in [0.29, 0.717) is 24.2 Å². The lowest BCUT2D eigenvalue weighted by molar-refractivity contribution is -0.151. The minimum Gasteiger partial charge on any atom is -0.468 e. The molecule has 0 amide bonds. The average molecular weight is 429 g/mol. The molecule has 7 heteroatoms. The van der Waals surface area contributed by atoms with Crippen molar-refractivity contribution in [3.8, 4) is 0 Å². The molecule has 1 heterocycles. The molecule has 6 nitrogen and oxygen atoms in total. The predicted molar refractivity (Wildman–Crippen MR) is 112 cm³/mol. The quantitative estimate of drug-likeness (QED) is 0.567. The van der Waals surface area contributed by atoms with Crippen molar-refractivity contribution in [1.82, 2.24) is 5.32 Å². The van der Waals surface area contributed by atoms with Gasteiger partial charge in [0.15, 0.2) is 5.78 Å². The number of nitrogens with one attached hydrogen (secondary N) is 1. The molecule has 0 aromatic heterocycles. The molecule has 31 heavy (non-hydrogen) atoms. The smallest absolute Gasteiger partial charge is 0.337 e. The van der Waals surface area contributed by atoms with E-state index in [1.807, 2.05) is 6.92 Å². The van der Waals surface area contributed by atoms with Gasteiger partial charge in [-0.1, -0.05) is 32.0 Å². The second-order valence-corrected chi connectivity index (χ2v) is 8.18. The minimum atomic E-state index is -1.01. The second kappa shape index (κ2) is 9.04. The van der Waals surface area contributed by atoms with Gasteiger partial charge in [-0.25, -0.2) is 9.18 Å². The molecule has 1 aromatic carbocycles. The first-order chi connectivity index (χ1) is 14.7. The molecule has 2 aliphatic rings. The van der Waals surface area contributed by atoms with E-state index in [1.54, 1.807) is 39.0 Å². The molecule has 0 radical (unpaired) electrons. The number of hydrogen-bond donors (Lipinski definition) is 1. The first-order valence-electron chi connectivity index (χ1n) is 10.5. The van der Waals surface area contributed by atoms with Crippen LogP contribution in [-0.2, 0) is 23.9 Å². The summed E-state index contributed by atoms with van der Waals surface area (Å²) in [6.07, 6.45) is 0.677. The Labute approximate surface area is 181 Å². The molecule has 0 saturated carbocycles. The highest BCUT2D eigenvalue weighted by Gasteiger charge is 2.47. The molecule has 1 N–H and O–H groups in total. The van der Waals surface area contributed by atoms with Crippen LogP contribution in [0.4, 0.5) is 4.39 Å². The number of carbonyl (C=O) groups is 3. The Kier molecular flexibility index (Phi) is 6.62. The Morgan fingerprint density at radius 1 is 1.29 bits per heavy atom. The summed E-state index contributed by atoms with van der Waals surface area (Å²) >= 11 is 0. The zero-order valence-corrected chi connectivity index (χ0v) is 18.5. The Hall–Kier alpha value is -2.96. The third-order valence-electron chi connectivity index (χ3n) is 6.06. The molecular formula is C24H28FNO5. The van der Waals surface area contributed by atoms with Crippen molar-refractivity contribution in [1.29, 1.82) is 0 Å². The highest BCUT2D eigenvalue weighted by Crippen LogP contribution is 2.46. The van der Waals surface area contributed by atoms with Crippen molar-refractivity contribution in [3.63, 3.8) is 0 Å². The fourth-order valence-electron chi connectivity index (χ4n) is 4.30. The van der Waals surface area contributed by atoms with Crippen molar-refractivity contribution < 1.29 is 28.2 Å². The molecule has 3 rings (SSSR count). The van der Waals surface area contributed by atoms with Crippen molar-refractivity contribution in [2.75, 3.05) is 7.11 Å². The van der Waals surface area contributed by atoms with Crippen LogP contribution < -0.4 is 5.32 Å². The molecule has 4 atom stereocenters. The molecule has 0 fully saturated rings. The Balaban J connectivity index is 2.18. The zero-order valence-electron chi connectivity index (χ0n) is 18.5. The van der Waals surface area contributed by atoms with Crippen molar-refractivity contribution in [3.05, 3.63) is 58.2 Å². The summed E-state index contributed by atoms with van der Waals surface area (Å²) in [5.41, 5.74) is 1.70. The number of benzene rings is 1. The molecule has 0 saturated heterocycles. The van der Waals surface area contributed by atoms with Crippen LogP contribution in [-0.4, -0.2) is 30.9 Å². The Bertz CT molecular complexity index is 980. The number of hydrogen-bond acceptors (Lipinski definition) is 6. The number of ketones is 1. The SMILES string of the molecule is CC[C@@H](C)OC(=O)C1=C(C)NC2=C(C(=O)[C@H](C(=O)OC)[C@H](C)C2)[C@H]1c1ccccc1F. The normalized spacial score (nSPS) is 24.3. The van der Waals surface area contributed by atoms with E-state index in [4.69, 9.17) is 9.47 Å². The van der Waals surface area contributed by atoms with Gasteiger partial charge in [-0.2, -0.15) is 0 Å². The second-order valence-electron chi connectivity index (χ2n) is 8.18. The summed E-state index contributed by atoms with van der Waals surface area (Å²) in [5.74, 6) is -4.52. The van der Waals surface area contributed by atoms with Crippen LogP contribution in [0, 0.1) is 17.7 Å². The van der Waals surface area contributed by atoms with Crippen LogP contribution in [0.25, 0.3) is 0 Å². The number of dihydropyridines is 1. The van der Waals surface area contributed by atoms with E-state index in [2.05, 4.69) is 5.32 Å². The van der Waals surface area contributed by atoms with Crippen molar-refractivity contribution >= 4 is 17.7 Å². The molecule has 1 aliphatic heterocycles. The molecular weight excluding hydrogens is 401 g/mol. The van der Waals surface area contributed by atoms with E-state index in [-0.39, 0.29) is 28.7 Å². The van der Waals surface area contributed by atoms with Gasteiger partial charge in [0.25, 0.3) is 0 Å². The number of methoxy groups -OCH3 is 1. The minimum absolute atomic E-state index is 0.177. The van der Waals surface area contributed by atoms with Gasteiger partial charge < -0.3 is 14.8 Å². The fraction of sp³-hybridized carbons (Fsp3) is 0.458. The summed E-state index contributed by atoms with van der Waals surface area (Å²) in [7, 11) is 1.23. The van der Waals surface area contributed by atoms with Crippen LogP contribution in [0.2, 0.25) is 0 Å². The lowest BCUT2D eigenvalue weighted by atomic mass is 9.69. The molecule has 0 bridgehead atoms. The summed E-state index contributed by atoms with van der Waals surface area (Å²) in [5, 5.41) is 3.16. The van der Waals surface area contributed by atoms with Gasteiger partial charge in [0.2, 0.25) is 0 Å². The van der Waals surface area contributed by atoms with Crippen LogP contribution in [0.15, 0.2) is 46.8 Å². The van der Waals surface area contributed by atoms with E-state index in [9.17, 15) is 18.8 Å². The Morgan fingerprint density at radius 3 is 2.58 bits per heavy atom. The number of carbonyl (C=O) groups excluding carboxylic acids is 3. The monoisotopic (exact) mass is 429 g/mol. The van der Waals surface area contributed by atoms with Gasteiger partial charge in [0.05, 0.1) is 24.7 Å². The van der Waals surface area contributed by atoms with Crippen LogP contribution >= 0.6 is 0 Å². The summed E-state index contributed by atoms with van der Waals surface area (Å²) in [6, 6.07) is 6.04. The largest absolute Gasteiger partial charge is 0.468 e.